The van der Waals surface area contributed by atoms with Gasteiger partial charge < -0.3 is 20.3 Å². The molecule has 0 bridgehead atoms. The van der Waals surface area contributed by atoms with Crippen LogP contribution in [-0.2, 0) is 13.1 Å². The molecule has 0 aliphatic rings. The summed E-state index contributed by atoms with van der Waals surface area (Å²) >= 11 is 0. The molecule has 2 N–H and O–H groups in total. The zero-order chi connectivity index (χ0) is 20.2. The standard InChI is InChI=1S/C22H31FN4O/c1-4-24-22(26-17-19-8-5-6-9-21(19)23)25-16-18-10-12-20(13-11-18)28-15-7-14-27(2)3/h5-6,8-13H,4,7,14-17H2,1-3H3,(H2,24,25,26). The SMILES string of the molecule is CCNC(=NCc1ccc(OCCCN(C)C)cc1)NCc1ccccc1F. The average Bonchev–Trinajstić information content (AvgIpc) is 2.69. The highest BCUT2D eigenvalue weighted by molar-refractivity contribution is 5.79. The van der Waals surface area contributed by atoms with Crippen LogP contribution in [0.1, 0.15) is 24.5 Å². The molecule has 0 heterocycles. The minimum absolute atomic E-state index is 0.216. The molecule has 152 valence electrons. The molecule has 2 aromatic rings. The van der Waals surface area contributed by atoms with Crippen LogP contribution in [0, 0.1) is 5.82 Å². The van der Waals surface area contributed by atoms with Crippen LogP contribution >= 0.6 is 0 Å². The summed E-state index contributed by atoms with van der Waals surface area (Å²) in [5.41, 5.74) is 1.70. The van der Waals surface area contributed by atoms with Crippen molar-refractivity contribution in [3.05, 3.63) is 65.5 Å². The zero-order valence-corrected chi connectivity index (χ0v) is 17.0. The van der Waals surface area contributed by atoms with E-state index in [2.05, 4.69) is 34.6 Å². The van der Waals surface area contributed by atoms with Crippen molar-refractivity contribution in [2.24, 2.45) is 4.99 Å². The first kappa shape index (κ1) is 21.7. The molecule has 0 unspecified atom stereocenters. The topological polar surface area (TPSA) is 48.9 Å². The van der Waals surface area contributed by atoms with Gasteiger partial charge in [-0.3, -0.25) is 0 Å². The van der Waals surface area contributed by atoms with Gasteiger partial charge in [0.25, 0.3) is 0 Å². The van der Waals surface area contributed by atoms with Crippen molar-refractivity contribution >= 4 is 5.96 Å². The summed E-state index contributed by atoms with van der Waals surface area (Å²) in [6.07, 6.45) is 0.999. The second-order valence-corrected chi connectivity index (χ2v) is 6.79. The van der Waals surface area contributed by atoms with Gasteiger partial charge in [-0.1, -0.05) is 30.3 Å². The van der Waals surface area contributed by atoms with Gasteiger partial charge in [-0.25, -0.2) is 9.38 Å². The van der Waals surface area contributed by atoms with Crippen LogP contribution in [-0.4, -0.2) is 44.7 Å². The van der Waals surface area contributed by atoms with Crippen molar-refractivity contribution < 1.29 is 9.13 Å². The van der Waals surface area contributed by atoms with E-state index in [-0.39, 0.29) is 5.82 Å². The molecule has 0 aromatic heterocycles. The molecule has 0 fully saturated rings. The number of ether oxygens (including phenoxy) is 1. The summed E-state index contributed by atoms with van der Waals surface area (Å²) < 4.78 is 19.5. The molecule has 0 amide bonds. The Labute approximate surface area is 167 Å². The predicted octanol–water partition coefficient (Wildman–Crippen LogP) is 3.41. The van der Waals surface area contributed by atoms with Crippen LogP contribution in [0.25, 0.3) is 0 Å². The summed E-state index contributed by atoms with van der Waals surface area (Å²) in [5.74, 6) is 1.32. The molecule has 2 aromatic carbocycles. The molecule has 28 heavy (non-hydrogen) atoms. The highest BCUT2D eigenvalue weighted by Crippen LogP contribution is 2.13. The second-order valence-electron chi connectivity index (χ2n) is 6.79. The number of hydrogen-bond acceptors (Lipinski definition) is 3. The first-order valence-corrected chi connectivity index (χ1v) is 9.70. The average molecular weight is 387 g/mol. The number of aliphatic imine (C=N–C) groups is 1. The van der Waals surface area contributed by atoms with Gasteiger partial charge in [0.15, 0.2) is 5.96 Å². The number of hydrogen-bond donors (Lipinski definition) is 2. The van der Waals surface area contributed by atoms with Gasteiger partial charge in [0.2, 0.25) is 0 Å². The van der Waals surface area contributed by atoms with E-state index in [0.29, 0.717) is 31.2 Å². The van der Waals surface area contributed by atoms with Gasteiger partial charge >= 0.3 is 0 Å². The maximum absolute atomic E-state index is 13.8. The third-order valence-electron chi connectivity index (χ3n) is 4.11. The van der Waals surface area contributed by atoms with Gasteiger partial charge in [0.05, 0.1) is 13.2 Å². The van der Waals surface area contributed by atoms with Crippen LogP contribution in [0.4, 0.5) is 4.39 Å². The predicted molar refractivity (Wildman–Crippen MR) is 113 cm³/mol. The minimum atomic E-state index is -0.216. The van der Waals surface area contributed by atoms with Gasteiger partial charge in [0, 0.05) is 25.2 Å². The minimum Gasteiger partial charge on any atom is -0.494 e. The van der Waals surface area contributed by atoms with E-state index in [9.17, 15) is 4.39 Å². The Balaban J connectivity index is 1.85. The van der Waals surface area contributed by atoms with Crippen molar-refractivity contribution in [2.75, 3.05) is 33.8 Å². The van der Waals surface area contributed by atoms with Crippen molar-refractivity contribution in [3.8, 4) is 5.75 Å². The van der Waals surface area contributed by atoms with Crippen LogP contribution in [0.2, 0.25) is 0 Å². The summed E-state index contributed by atoms with van der Waals surface area (Å²) in [7, 11) is 4.12. The normalized spacial score (nSPS) is 11.5. The van der Waals surface area contributed by atoms with Gasteiger partial charge in [0.1, 0.15) is 11.6 Å². The van der Waals surface area contributed by atoms with E-state index in [1.165, 1.54) is 6.07 Å². The monoisotopic (exact) mass is 386 g/mol. The fourth-order valence-corrected chi connectivity index (χ4v) is 2.59. The first-order valence-electron chi connectivity index (χ1n) is 9.70. The molecule has 6 heteroatoms. The van der Waals surface area contributed by atoms with Gasteiger partial charge in [-0.15, -0.1) is 0 Å². The quantitative estimate of drug-likeness (QED) is 0.373. The largest absolute Gasteiger partial charge is 0.494 e. The van der Waals surface area contributed by atoms with Crippen molar-refractivity contribution in [1.29, 1.82) is 0 Å². The number of nitrogens with zero attached hydrogens (tertiary/aromatic N) is 2. The molecule has 0 aliphatic heterocycles. The Morgan fingerprint density at radius 3 is 2.50 bits per heavy atom. The lowest BCUT2D eigenvalue weighted by Crippen LogP contribution is -2.37. The molecule has 0 atom stereocenters. The van der Waals surface area contributed by atoms with E-state index in [1.807, 2.05) is 37.3 Å². The Morgan fingerprint density at radius 1 is 1.07 bits per heavy atom. The number of nitrogens with one attached hydrogen (secondary N) is 2. The van der Waals surface area contributed by atoms with E-state index in [4.69, 9.17) is 4.74 Å². The second kappa shape index (κ2) is 12.0. The smallest absolute Gasteiger partial charge is 0.191 e. The molecule has 0 saturated carbocycles. The molecule has 0 spiro atoms. The summed E-state index contributed by atoms with van der Waals surface area (Å²) in [6, 6.07) is 14.7. The lowest BCUT2D eigenvalue weighted by Gasteiger charge is -2.12. The van der Waals surface area contributed by atoms with E-state index in [0.717, 1.165) is 30.8 Å². The third kappa shape index (κ3) is 7.96. The molecule has 0 radical (unpaired) electrons. The molecule has 0 aliphatic carbocycles. The Hall–Kier alpha value is -2.60. The highest BCUT2D eigenvalue weighted by atomic mass is 19.1. The fraction of sp³-hybridized carbons (Fsp3) is 0.409. The first-order chi connectivity index (χ1) is 13.6. The maximum Gasteiger partial charge on any atom is 0.191 e. The Morgan fingerprint density at radius 2 is 1.82 bits per heavy atom. The highest BCUT2D eigenvalue weighted by Gasteiger charge is 2.03. The Bertz CT molecular complexity index is 732. The number of rotatable bonds is 10. The third-order valence-corrected chi connectivity index (χ3v) is 4.11. The van der Waals surface area contributed by atoms with E-state index in [1.54, 1.807) is 12.1 Å². The number of halogens is 1. The molecule has 5 nitrogen and oxygen atoms in total. The molecular formula is C22H31FN4O. The fourth-order valence-electron chi connectivity index (χ4n) is 2.59. The maximum atomic E-state index is 13.8. The van der Waals surface area contributed by atoms with Crippen molar-refractivity contribution in [2.45, 2.75) is 26.4 Å². The summed E-state index contributed by atoms with van der Waals surface area (Å²) in [6.45, 7) is 5.39. The van der Waals surface area contributed by atoms with Gasteiger partial charge in [-0.2, -0.15) is 0 Å². The summed E-state index contributed by atoms with van der Waals surface area (Å²) in [5, 5.41) is 6.36. The van der Waals surface area contributed by atoms with Crippen LogP contribution in [0.5, 0.6) is 5.75 Å². The lowest BCUT2D eigenvalue weighted by atomic mass is 10.2. The Kier molecular flexibility index (Phi) is 9.28. The van der Waals surface area contributed by atoms with E-state index >= 15 is 0 Å². The lowest BCUT2D eigenvalue weighted by molar-refractivity contribution is 0.281. The van der Waals surface area contributed by atoms with Crippen molar-refractivity contribution in [3.63, 3.8) is 0 Å². The molecule has 0 saturated heterocycles. The number of benzene rings is 2. The molecular weight excluding hydrogens is 355 g/mol. The molecule has 2 rings (SSSR count). The van der Waals surface area contributed by atoms with E-state index < -0.39 is 0 Å². The van der Waals surface area contributed by atoms with Crippen LogP contribution in [0.15, 0.2) is 53.5 Å². The number of guanidine groups is 1. The zero-order valence-electron chi connectivity index (χ0n) is 17.0. The van der Waals surface area contributed by atoms with Crippen LogP contribution in [0.3, 0.4) is 0 Å². The van der Waals surface area contributed by atoms with Gasteiger partial charge in [-0.05, 0) is 51.2 Å². The van der Waals surface area contributed by atoms with Crippen molar-refractivity contribution in [1.82, 2.24) is 15.5 Å². The van der Waals surface area contributed by atoms with Crippen LogP contribution < -0.4 is 15.4 Å². The summed E-state index contributed by atoms with van der Waals surface area (Å²) in [4.78, 5) is 6.72.